The number of ether oxygens (including phenoxy) is 1. The van der Waals surface area contributed by atoms with Gasteiger partial charge in [-0.25, -0.2) is 4.98 Å². The van der Waals surface area contributed by atoms with Crippen LogP contribution in [0.15, 0.2) is 42.5 Å². The van der Waals surface area contributed by atoms with Gasteiger partial charge in [-0.3, -0.25) is 9.59 Å². The van der Waals surface area contributed by atoms with Crippen molar-refractivity contribution in [1.82, 2.24) is 15.6 Å². The van der Waals surface area contributed by atoms with Gasteiger partial charge < -0.3 is 15.4 Å². The molecule has 1 fully saturated rings. The molecule has 26 heavy (non-hydrogen) atoms. The van der Waals surface area contributed by atoms with Crippen molar-refractivity contribution >= 4 is 11.8 Å². The molecule has 136 valence electrons. The van der Waals surface area contributed by atoms with Crippen LogP contribution in [0, 0.1) is 6.92 Å². The Kier molecular flexibility index (Phi) is 5.51. The van der Waals surface area contributed by atoms with Gasteiger partial charge in [0.25, 0.3) is 5.91 Å². The van der Waals surface area contributed by atoms with E-state index in [9.17, 15) is 9.59 Å². The fraction of sp³-hybridized carbons (Fsp3) is 0.350. The summed E-state index contributed by atoms with van der Waals surface area (Å²) in [4.78, 5) is 29.5. The van der Waals surface area contributed by atoms with Crippen LogP contribution in [-0.2, 0) is 11.2 Å². The first-order chi connectivity index (χ1) is 12.5. The number of nitrogens with one attached hydrogen (secondary N) is 2. The summed E-state index contributed by atoms with van der Waals surface area (Å²) >= 11 is 0. The SMILES string of the molecule is COc1cc(C(=O)N[C@H](Cc2ccccc2)C(=O)NC2CC2)cc(C)n1. The number of aryl methyl sites for hydroxylation is 1. The predicted molar refractivity (Wildman–Crippen MR) is 98.1 cm³/mol. The van der Waals surface area contributed by atoms with Crippen molar-refractivity contribution < 1.29 is 14.3 Å². The molecule has 3 rings (SSSR count). The average molecular weight is 353 g/mol. The van der Waals surface area contributed by atoms with Crippen LogP contribution in [0.5, 0.6) is 5.88 Å². The normalized spacial score (nSPS) is 14.4. The van der Waals surface area contributed by atoms with Gasteiger partial charge >= 0.3 is 0 Å². The van der Waals surface area contributed by atoms with Gasteiger partial charge in [-0.2, -0.15) is 0 Å². The Labute approximate surface area is 153 Å². The standard InChI is InChI=1S/C20H23N3O3/c1-13-10-15(12-18(21-13)26-2)19(24)23-17(20(25)22-16-8-9-16)11-14-6-4-3-5-7-14/h3-7,10,12,16-17H,8-9,11H2,1-2H3,(H,22,25)(H,23,24)/t17-/m1/s1. The minimum Gasteiger partial charge on any atom is -0.481 e. The van der Waals surface area contributed by atoms with E-state index in [1.165, 1.54) is 7.11 Å². The van der Waals surface area contributed by atoms with Gasteiger partial charge in [0.2, 0.25) is 11.8 Å². The summed E-state index contributed by atoms with van der Waals surface area (Å²) in [7, 11) is 1.50. The highest BCUT2D eigenvalue weighted by Crippen LogP contribution is 2.19. The zero-order chi connectivity index (χ0) is 18.5. The minimum atomic E-state index is -0.634. The van der Waals surface area contributed by atoms with Crippen molar-refractivity contribution in [2.24, 2.45) is 0 Å². The van der Waals surface area contributed by atoms with Crippen LogP contribution in [0.25, 0.3) is 0 Å². The maximum Gasteiger partial charge on any atom is 0.252 e. The third-order valence-corrected chi connectivity index (χ3v) is 4.23. The minimum absolute atomic E-state index is 0.151. The lowest BCUT2D eigenvalue weighted by Crippen LogP contribution is -2.48. The number of pyridine rings is 1. The maximum atomic E-state index is 12.7. The van der Waals surface area contributed by atoms with Gasteiger partial charge in [0, 0.05) is 29.8 Å². The first kappa shape index (κ1) is 17.9. The molecule has 1 atom stereocenters. The molecular formula is C20H23N3O3. The Bertz CT molecular complexity index is 788. The van der Waals surface area contributed by atoms with E-state index < -0.39 is 6.04 Å². The molecule has 1 heterocycles. The second-order valence-corrected chi connectivity index (χ2v) is 6.54. The summed E-state index contributed by atoms with van der Waals surface area (Å²) in [6, 6.07) is 12.5. The Morgan fingerprint density at radius 2 is 1.96 bits per heavy atom. The zero-order valence-corrected chi connectivity index (χ0v) is 15.0. The Morgan fingerprint density at radius 1 is 1.23 bits per heavy atom. The molecule has 1 saturated carbocycles. The summed E-state index contributed by atoms with van der Waals surface area (Å²) < 4.78 is 5.12. The number of carbonyl (C=O) groups excluding carboxylic acids is 2. The summed E-state index contributed by atoms with van der Waals surface area (Å²) in [6.45, 7) is 1.79. The van der Waals surface area contributed by atoms with Crippen LogP contribution in [0.1, 0.15) is 34.5 Å². The van der Waals surface area contributed by atoms with E-state index in [0.29, 0.717) is 23.6 Å². The molecule has 1 aromatic heterocycles. The molecule has 6 nitrogen and oxygen atoms in total. The Hall–Kier alpha value is -2.89. The molecule has 0 spiro atoms. The van der Waals surface area contributed by atoms with Gasteiger partial charge in [0.05, 0.1) is 7.11 Å². The van der Waals surface area contributed by atoms with Gasteiger partial charge in [-0.1, -0.05) is 30.3 Å². The number of methoxy groups -OCH3 is 1. The van der Waals surface area contributed by atoms with Crippen LogP contribution in [0.4, 0.5) is 0 Å². The molecular weight excluding hydrogens is 330 g/mol. The lowest BCUT2D eigenvalue weighted by atomic mass is 10.0. The second kappa shape index (κ2) is 7.99. The molecule has 0 unspecified atom stereocenters. The van der Waals surface area contributed by atoms with E-state index >= 15 is 0 Å². The monoisotopic (exact) mass is 353 g/mol. The fourth-order valence-corrected chi connectivity index (χ4v) is 2.70. The molecule has 1 aliphatic rings. The number of benzene rings is 1. The van der Waals surface area contributed by atoms with Crippen molar-refractivity contribution in [1.29, 1.82) is 0 Å². The Morgan fingerprint density at radius 3 is 2.62 bits per heavy atom. The van der Waals surface area contributed by atoms with Crippen LogP contribution >= 0.6 is 0 Å². The maximum absolute atomic E-state index is 12.7. The number of aromatic nitrogens is 1. The first-order valence-corrected chi connectivity index (χ1v) is 8.73. The molecule has 1 aliphatic carbocycles. The highest BCUT2D eigenvalue weighted by atomic mass is 16.5. The molecule has 0 radical (unpaired) electrons. The Balaban J connectivity index is 1.76. The van der Waals surface area contributed by atoms with Gasteiger partial charge in [-0.05, 0) is 31.4 Å². The smallest absolute Gasteiger partial charge is 0.252 e. The van der Waals surface area contributed by atoms with E-state index in [1.54, 1.807) is 19.1 Å². The largest absolute Gasteiger partial charge is 0.481 e. The summed E-state index contributed by atoms with van der Waals surface area (Å²) in [5, 5.41) is 5.83. The van der Waals surface area contributed by atoms with Crippen molar-refractivity contribution in [3.8, 4) is 5.88 Å². The molecule has 0 bridgehead atoms. The number of hydrogen-bond acceptors (Lipinski definition) is 4. The third-order valence-electron chi connectivity index (χ3n) is 4.23. The third kappa shape index (κ3) is 4.81. The van der Waals surface area contributed by atoms with Gasteiger partial charge in [-0.15, -0.1) is 0 Å². The predicted octanol–water partition coefficient (Wildman–Crippen LogP) is 2.02. The highest BCUT2D eigenvalue weighted by molar-refractivity contribution is 5.98. The molecule has 2 aromatic rings. The summed E-state index contributed by atoms with van der Waals surface area (Å²) in [5.41, 5.74) is 2.09. The molecule has 0 aliphatic heterocycles. The lowest BCUT2D eigenvalue weighted by Gasteiger charge is -2.19. The van der Waals surface area contributed by atoms with E-state index in [4.69, 9.17) is 4.74 Å². The molecule has 1 aromatic carbocycles. The van der Waals surface area contributed by atoms with E-state index in [-0.39, 0.29) is 17.9 Å². The van der Waals surface area contributed by atoms with Crippen molar-refractivity contribution in [3.63, 3.8) is 0 Å². The van der Waals surface area contributed by atoms with Gasteiger partial charge in [0.15, 0.2) is 0 Å². The van der Waals surface area contributed by atoms with Gasteiger partial charge in [0.1, 0.15) is 6.04 Å². The van der Waals surface area contributed by atoms with E-state index in [0.717, 1.165) is 18.4 Å². The summed E-state index contributed by atoms with van der Waals surface area (Å²) in [5.74, 6) is -0.0969. The highest BCUT2D eigenvalue weighted by Gasteiger charge is 2.29. The van der Waals surface area contributed by atoms with Crippen LogP contribution in [0.3, 0.4) is 0 Å². The fourth-order valence-electron chi connectivity index (χ4n) is 2.70. The number of hydrogen-bond donors (Lipinski definition) is 2. The van der Waals surface area contributed by atoms with Crippen LogP contribution in [0.2, 0.25) is 0 Å². The average Bonchev–Trinajstić information content (AvgIpc) is 3.45. The zero-order valence-electron chi connectivity index (χ0n) is 15.0. The van der Waals surface area contributed by atoms with Crippen LogP contribution < -0.4 is 15.4 Å². The number of amides is 2. The van der Waals surface area contributed by atoms with Crippen LogP contribution in [-0.4, -0.2) is 36.0 Å². The van der Waals surface area contributed by atoms with Crippen molar-refractivity contribution in [3.05, 3.63) is 59.3 Å². The quantitative estimate of drug-likeness (QED) is 0.798. The number of nitrogens with zero attached hydrogens (tertiary/aromatic N) is 1. The van der Waals surface area contributed by atoms with Crippen molar-refractivity contribution in [2.75, 3.05) is 7.11 Å². The van der Waals surface area contributed by atoms with E-state index in [2.05, 4.69) is 15.6 Å². The van der Waals surface area contributed by atoms with Crippen molar-refractivity contribution in [2.45, 2.75) is 38.3 Å². The molecule has 2 amide bonds. The number of carbonyl (C=O) groups is 2. The molecule has 6 heteroatoms. The lowest BCUT2D eigenvalue weighted by molar-refractivity contribution is -0.123. The summed E-state index contributed by atoms with van der Waals surface area (Å²) in [6.07, 6.45) is 2.43. The first-order valence-electron chi connectivity index (χ1n) is 8.73. The topological polar surface area (TPSA) is 80.3 Å². The molecule has 0 saturated heterocycles. The van der Waals surface area contributed by atoms with E-state index in [1.807, 2.05) is 30.3 Å². The molecule has 2 N–H and O–H groups in total. The second-order valence-electron chi connectivity index (χ2n) is 6.54. The number of rotatable bonds is 7.